The van der Waals surface area contributed by atoms with Gasteiger partial charge in [-0.1, -0.05) is 80.6 Å². The molecule has 330 valence electrons. The van der Waals surface area contributed by atoms with Gasteiger partial charge in [0.15, 0.2) is 0 Å². The lowest BCUT2D eigenvalue weighted by Crippen LogP contribution is -2.57. The van der Waals surface area contributed by atoms with E-state index in [0.29, 0.717) is 52.3 Å². The number of imide groups is 2. The Balaban J connectivity index is 1.05. The number of amides is 6. The number of urea groups is 2. The molecular weight excluding hydrogens is 773 g/mol. The number of nitrogens with zero attached hydrogens (tertiary/aromatic N) is 4. The first-order valence-electron chi connectivity index (χ1n) is 21.3. The summed E-state index contributed by atoms with van der Waals surface area (Å²) < 4.78 is 35.5. The highest BCUT2D eigenvalue weighted by molar-refractivity contribution is 5.98. The minimum atomic E-state index is -0.546. The number of hydrogen-bond donors (Lipinski definition) is 1. The zero-order chi connectivity index (χ0) is 42.5. The second kappa shape index (κ2) is 25.5. The topological polar surface area (TPSA) is 157 Å². The van der Waals surface area contributed by atoms with Crippen LogP contribution < -0.4 is 0 Å². The Morgan fingerprint density at radius 1 is 0.633 bits per heavy atom. The van der Waals surface area contributed by atoms with Gasteiger partial charge in [0, 0.05) is 26.2 Å². The first-order chi connectivity index (χ1) is 29.2. The van der Waals surface area contributed by atoms with Crippen molar-refractivity contribution >= 4 is 23.9 Å². The highest BCUT2D eigenvalue weighted by Crippen LogP contribution is 2.20. The maximum absolute atomic E-state index is 13.5. The standard InChI is InChI=1S/C45H64N4O11/c1-35-26-46(44(53)48(42(35)51)33-57-30-38-14-8-4-9-15-38)20-18-40(28-50)59-24-23-56-32-41(60-25-22-55-29-37-12-6-3-7-13-37)19-21-47-27-36(2)43(52)49(45(47)54)34-58-31-39-16-10-5-11-17-39/h4-5,8-12,14-17,35-36,40-41,50H,3,6-7,13,18-34H2,1-2H3/t35?,36?,40-,41-/m0/s1. The Morgan fingerprint density at radius 2 is 1.15 bits per heavy atom. The van der Waals surface area contributed by atoms with E-state index in [-0.39, 0.29) is 83.5 Å². The van der Waals surface area contributed by atoms with Crippen LogP contribution in [0.15, 0.2) is 72.3 Å². The van der Waals surface area contributed by atoms with E-state index in [1.54, 1.807) is 16.7 Å². The normalized spacial score (nSPS) is 19.9. The predicted octanol–water partition coefficient (Wildman–Crippen LogP) is 5.21. The van der Waals surface area contributed by atoms with Crippen LogP contribution in [0.3, 0.4) is 0 Å². The number of aliphatic hydroxyl groups excluding tert-OH is 1. The van der Waals surface area contributed by atoms with Crippen LogP contribution in [-0.4, -0.2) is 147 Å². The van der Waals surface area contributed by atoms with Crippen LogP contribution in [0.25, 0.3) is 0 Å². The van der Waals surface area contributed by atoms with Gasteiger partial charge in [-0.15, -0.1) is 0 Å². The molecule has 0 aromatic heterocycles. The summed E-state index contributed by atoms with van der Waals surface area (Å²) in [5, 5.41) is 10.1. The molecule has 2 aliphatic heterocycles. The van der Waals surface area contributed by atoms with Gasteiger partial charge < -0.3 is 43.3 Å². The average Bonchev–Trinajstić information content (AvgIpc) is 3.27. The second-order valence-electron chi connectivity index (χ2n) is 15.7. The molecule has 1 aliphatic carbocycles. The van der Waals surface area contributed by atoms with Crippen molar-refractivity contribution in [1.82, 2.24) is 19.6 Å². The molecule has 0 saturated carbocycles. The molecule has 6 amide bonds. The SMILES string of the molecule is CC1CN(CC[C@@H](CO)OCCOC[C@H](CCN2CC(C)C(=O)N(COCc3ccccc3)C2=O)OCCOCC2=CCCCC2)C(=O)N(COCc2ccccc2)C1=O. The van der Waals surface area contributed by atoms with Crippen molar-refractivity contribution in [3.05, 3.63) is 83.4 Å². The third kappa shape index (κ3) is 15.0. The Morgan fingerprint density at radius 3 is 1.67 bits per heavy atom. The molecule has 2 saturated heterocycles. The van der Waals surface area contributed by atoms with E-state index in [1.807, 2.05) is 67.6 Å². The minimum absolute atomic E-state index is 0.130. The molecule has 3 aliphatic rings. The molecule has 15 heteroatoms. The fraction of sp³-hybridized carbons (Fsp3) is 0.600. The minimum Gasteiger partial charge on any atom is -0.394 e. The molecular formula is C45H64N4O11. The van der Waals surface area contributed by atoms with Crippen molar-refractivity contribution in [1.29, 1.82) is 0 Å². The zero-order valence-electron chi connectivity index (χ0n) is 35.3. The fourth-order valence-electron chi connectivity index (χ4n) is 7.35. The van der Waals surface area contributed by atoms with Gasteiger partial charge in [-0.05, 0) is 55.2 Å². The first kappa shape index (κ1) is 46.8. The highest BCUT2D eigenvalue weighted by atomic mass is 16.6. The van der Waals surface area contributed by atoms with Crippen LogP contribution in [0.4, 0.5) is 9.59 Å². The van der Waals surface area contributed by atoms with E-state index >= 15 is 0 Å². The summed E-state index contributed by atoms with van der Waals surface area (Å²) in [6.07, 6.45) is 6.75. The molecule has 2 unspecified atom stereocenters. The van der Waals surface area contributed by atoms with Gasteiger partial charge in [0.1, 0.15) is 13.5 Å². The second-order valence-corrected chi connectivity index (χ2v) is 15.7. The number of carbonyl (C=O) groups excluding carboxylic acids is 4. The zero-order valence-corrected chi connectivity index (χ0v) is 35.3. The third-order valence-electron chi connectivity index (χ3n) is 10.8. The average molecular weight is 837 g/mol. The van der Waals surface area contributed by atoms with Gasteiger partial charge in [0.25, 0.3) is 0 Å². The summed E-state index contributed by atoms with van der Waals surface area (Å²) in [5.41, 5.74) is 3.22. The molecule has 0 spiro atoms. The van der Waals surface area contributed by atoms with Crippen LogP contribution >= 0.6 is 0 Å². The van der Waals surface area contributed by atoms with Gasteiger partial charge in [-0.25, -0.2) is 19.4 Å². The van der Waals surface area contributed by atoms with Crippen molar-refractivity contribution in [2.45, 2.75) is 77.8 Å². The summed E-state index contributed by atoms with van der Waals surface area (Å²) in [4.78, 5) is 58.1. The molecule has 2 aromatic rings. The number of aliphatic hydroxyl groups is 1. The molecule has 2 fully saturated rings. The van der Waals surface area contributed by atoms with Crippen molar-refractivity contribution in [2.24, 2.45) is 11.8 Å². The maximum atomic E-state index is 13.5. The Bertz CT molecular complexity index is 1650. The molecule has 60 heavy (non-hydrogen) atoms. The summed E-state index contributed by atoms with van der Waals surface area (Å²) in [5.74, 6) is -1.31. The summed E-state index contributed by atoms with van der Waals surface area (Å²) in [6.45, 7) is 6.87. The smallest absolute Gasteiger partial charge is 0.328 e. The van der Waals surface area contributed by atoms with Crippen molar-refractivity contribution in [3.63, 3.8) is 0 Å². The predicted molar refractivity (Wildman–Crippen MR) is 222 cm³/mol. The number of hydrogen-bond acceptors (Lipinski definition) is 11. The summed E-state index contributed by atoms with van der Waals surface area (Å²) >= 11 is 0. The van der Waals surface area contributed by atoms with Crippen LogP contribution in [0, 0.1) is 11.8 Å². The van der Waals surface area contributed by atoms with Gasteiger partial charge in [-0.3, -0.25) is 9.59 Å². The van der Waals surface area contributed by atoms with E-state index in [9.17, 15) is 24.3 Å². The van der Waals surface area contributed by atoms with Crippen LogP contribution in [0.5, 0.6) is 0 Å². The summed E-state index contributed by atoms with van der Waals surface area (Å²) in [7, 11) is 0. The largest absolute Gasteiger partial charge is 0.394 e. The Hall–Kier alpha value is -4.22. The van der Waals surface area contributed by atoms with Gasteiger partial charge in [-0.2, -0.15) is 0 Å². The monoisotopic (exact) mass is 836 g/mol. The molecule has 0 radical (unpaired) electrons. The van der Waals surface area contributed by atoms with E-state index in [2.05, 4.69) is 6.08 Å². The fourth-order valence-corrected chi connectivity index (χ4v) is 7.35. The molecule has 2 heterocycles. The molecule has 0 bridgehead atoms. The third-order valence-corrected chi connectivity index (χ3v) is 10.8. The van der Waals surface area contributed by atoms with E-state index < -0.39 is 24.1 Å². The lowest BCUT2D eigenvalue weighted by atomic mass is 10.0. The number of ether oxygens (including phenoxy) is 6. The lowest BCUT2D eigenvalue weighted by molar-refractivity contribution is -0.142. The number of rotatable bonds is 27. The van der Waals surface area contributed by atoms with Gasteiger partial charge >= 0.3 is 12.1 Å². The highest BCUT2D eigenvalue weighted by Gasteiger charge is 2.38. The molecule has 15 nitrogen and oxygen atoms in total. The number of carbonyl (C=O) groups is 4. The molecule has 5 rings (SSSR count). The van der Waals surface area contributed by atoms with Gasteiger partial charge in [0.05, 0.1) is 83.5 Å². The summed E-state index contributed by atoms with van der Waals surface area (Å²) in [6, 6.07) is 18.3. The number of allylic oxidation sites excluding steroid dienone is 1. The maximum Gasteiger partial charge on any atom is 0.328 e. The van der Waals surface area contributed by atoms with Crippen molar-refractivity contribution in [2.75, 3.05) is 85.9 Å². The number of benzene rings is 2. The van der Waals surface area contributed by atoms with Crippen molar-refractivity contribution < 1.29 is 52.7 Å². The van der Waals surface area contributed by atoms with Crippen LogP contribution in [-0.2, 0) is 51.2 Å². The van der Waals surface area contributed by atoms with E-state index in [4.69, 9.17) is 28.4 Å². The van der Waals surface area contributed by atoms with Crippen molar-refractivity contribution in [3.8, 4) is 0 Å². The molecule has 1 N–H and O–H groups in total. The molecule has 2 aromatic carbocycles. The van der Waals surface area contributed by atoms with E-state index in [1.165, 1.54) is 23.3 Å². The lowest BCUT2D eigenvalue weighted by Gasteiger charge is -2.37. The Kier molecular flexibility index (Phi) is 19.9. The first-order valence-corrected chi connectivity index (χ1v) is 21.3. The van der Waals surface area contributed by atoms with E-state index in [0.717, 1.165) is 28.9 Å². The van der Waals surface area contributed by atoms with Crippen LogP contribution in [0.2, 0.25) is 0 Å². The molecule has 4 atom stereocenters. The Labute approximate surface area is 354 Å². The quantitative estimate of drug-likeness (QED) is 0.0931. The van der Waals surface area contributed by atoms with Crippen LogP contribution in [0.1, 0.15) is 63.5 Å². The van der Waals surface area contributed by atoms with Gasteiger partial charge in [0.2, 0.25) is 11.8 Å².